The molecule has 2 aromatic carbocycles. The van der Waals surface area contributed by atoms with Crippen LogP contribution >= 0.6 is 0 Å². The van der Waals surface area contributed by atoms with Crippen molar-refractivity contribution in [3.8, 4) is 17.2 Å². The summed E-state index contributed by atoms with van der Waals surface area (Å²) in [5.41, 5.74) is 3.81. The van der Waals surface area contributed by atoms with E-state index in [4.69, 9.17) is 9.47 Å². The average Bonchev–Trinajstić information content (AvgIpc) is 2.67. The lowest BCUT2D eigenvalue weighted by Gasteiger charge is -2.37. The van der Waals surface area contributed by atoms with Gasteiger partial charge in [0.2, 0.25) is 0 Å². The second kappa shape index (κ2) is 7.64. The summed E-state index contributed by atoms with van der Waals surface area (Å²) < 4.78 is 12.5. The minimum absolute atomic E-state index is 0.0453. The predicted octanol–water partition coefficient (Wildman–Crippen LogP) is 5.75. The highest BCUT2D eigenvalue weighted by Crippen LogP contribution is 2.51. The summed E-state index contributed by atoms with van der Waals surface area (Å²) in [5, 5.41) is 11.3. The molecular formula is C26H32O4. The average molecular weight is 409 g/mol. The molecule has 0 fully saturated rings. The number of rotatable bonds is 4. The van der Waals surface area contributed by atoms with Gasteiger partial charge < -0.3 is 14.6 Å². The second-order valence-electron chi connectivity index (χ2n) is 9.77. The molecule has 30 heavy (non-hydrogen) atoms. The van der Waals surface area contributed by atoms with Crippen molar-refractivity contribution < 1.29 is 19.4 Å². The molecule has 1 atom stereocenters. The lowest BCUT2D eigenvalue weighted by atomic mass is 9.82. The Morgan fingerprint density at radius 2 is 1.87 bits per heavy atom. The first-order chi connectivity index (χ1) is 14.2. The van der Waals surface area contributed by atoms with E-state index in [0.717, 1.165) is 47.3 Å². The maximum absolute atomic E-state index is 13.5. The molecule has 0 spiro atoms. The summed E-state index contributed by atoms with van der Waals surface area (Å²) >= 11 is 0. The standard InChI is InChI=1S/C26H32O4/c1-15(2)6-11-18-22(27)21-23(28)20(17-9-7-16(3)8-10-17)14-29-25(21)19-12-13-26(4,5)30-24(18)19/h7-10,15,20,27H,6,11-14H2,1-5H3. The molecule has 1 unspecified atom stereocenters. The molecule has 2 heterocycles. The minimum atomic E-state index is -0.402. The molecule has 4 heteroatoms. The van der Waals surface area contributed by atoms with Crippen molar-refractivity contribution >= 4 is 5.78 Å². The molecule has 2 aliphatic heterocycles. The second-order valence-corrected chi connectivity index (χ2v) is 9.77. The summed E-state index contributed by atoms with van der Waals surface area (Å²) in [6.45, 7) is 10.8. The Kier molecular flexibility index (Phi) is 5.29. The number of hydrogen-bond donors (Lipinski definition) is 1. The molecular weight excluding hydrogens is 376 g/mol. The largest absolute Gasteiger partial charge is 0.507 e. The number of carbonyl (C=O) groups is 1. The van der Waals surface area contributed by atoms with Crippen molar-refractivity contribution in [2.75, 3.05) is 6.61 Å². The quantitative estimate of drug-likeness (QED) is 0.700. The smallest absolute Gasteiger partial charge is 0.181 e. The zero-order valence-corrected chi connectivity index (χ0v) is 18.7. The number of fused-ring (bicyclic) bond motifs is 3. The number of benzene rings is 2. The number of aryl methyl sites for hydroxylation is 1. The Bertz CT molecular complexity index is 970. The van der Waals surface area contributed by atoms with Gasteiger partial charge in [-0.05, 0) is 57.9 Å². The molecule has 160 valence electrons. The molecule has 4 nitrogen and oxygen atoms in total. The third kappa shape index (κ3) is 3.68. The summed E-state index contributed by atoms with van der Waals surface area (Å²) in [7, 11) is 0. The lowest BCUT2D eigenvalue weighted by molar-refractivity contribution is 0.0786. The fourth-order valence-electron chi connectivity index (χ4n) is 4.42. The number of hydrogen-bond acceptors (Lipinski definition) is 4. The molecule has 2 aliphatic rings. The van der Waals surface area contributed by atoms with Crippen LogP contribution in [0, 0.1) is 12.8 Å². The number of carbonyl (C=O) groups excluding carboxylic acids is 1. The van der Waals surface area contributed by atoms with E-state index in [0.29, 0.717) is 23.7 Å². The van der Waals surface area contributed by atoms with E-state index in [2.05, 4.69) is 27.7 Å². The Morgan fingerprint density at radius 1 is 1.17 bits per heavy atom. The van der Waals surface area contributed by atoms with Crippen LogP contribution in [-0.4, -0.2) is 23.1 Å². The van der Waals surface area contributed by atoms with E-state index in [-0.39, 0.29) is 23.7 Å². The Morgan fingerprint density at radius 3 is 2.53 bits per heavy atom. The van der Waals surface area contributed by atoms with Crippen molar-refractivity contribution in [2.24, 2.45) is 5.92 Å². The number of ether oxygens (including phenoxy) is 2. The van der Waals surface area contributed by atoms with Gasteiger partial charge >= 0.3 is 0 Å². The normalized spacial score (nSPS) is 19.7. The summed E-state index contributed by atoms with van der Waals surface area (Å²) in [5.74, 6) is 1.32. The van der Waals surface area contributed by atoms with Gasteiger partial charge in [-0.25, -0.2) is 0 Å². The van der Waals surface area contributed by atoms with Crippen LogP contribution in [0.2, 0.25) is 0 Å². The SMILES string of the molecule is Cc1ccc(C2COc3c4c(c(CCC(C)C)c(O)c3C2=O)OC(C)(C)CC4)cc1. The van der Waals surface area contributed by atoms with Gasteiger partial charge in [-0.15, -0.1) is 0 Å². The van der Waals surface area contributed by atoms with Gasteiger partial charge in [-0.2, -0.15) is 0 Å². The fourth-order valence-corrected chi connectivity index (χ4v) is 4.42. The molecule has 2 aromatic rings. The molecule has 1 N–H and O–H groups in total. The lowest BCUT2D eigenvalue weighted by Crippen LogP contribution is -2.35. The number of phenols is 1. The highest BCUT2D eigenvalue weighted by molar-refractivity contribution is 6.07. The summed E-state index contributed by atoms with van der Waals surface area (Å²) in [6, 6.07) is 7.98. The number of ketones is 1. The first-order valence-electron chi connectivity index (χ1n) is 11.0. The zero-order valence-electron chi connectivity index (χ0n) is 18.7. The van der Waals surface area contributed by atoms with E-state index in [1.807, 2.05) is 31.2 Å². The maximum Gasteiger partial charge on any atom is 0.181 e. The molecule has 0 radical (unpaired) electrons. The first kappa shape index (κ1) is 20.8. The van der Waals surface area contributed by atoms with Gasteiger partial charge in [0, 0.05) is 11.1 Å². The van der Waals surface area contributed by atoms with Gasteiger partial charge in [0.15, 0.2) is 5.78 Å². The summed E-state index contributed by atoms with van der Waals surface area (Å²) in [6.07, 6.45) is 3.22. The monoisotopic (exact) mass is 408 g/mol. The van der Waals surface area contributed by atoms with E-state index < -0.39 is 5.92 Å². The Hall–Kier alpha value is -2.49. The van der Waals surface area contributed by atoms with Crippen molar-refractivity contribution in [1.82, 2.24) is 0 Å². The molecule has 4 rings (SSSR count). The van der Waals surface area contributed by atoms with Gasteiger partial charge in [-0.1, -0.05) is 43.7 Å². The predicted molar refractivity (Wildman–Crippen MR) is 118 cm³/mol. The third-order valence-electron chi connectivity index (χ3n) is 6.34. The van der Waals surface area contributed by atoms with Crippen molar-refractivity contribution in [3.63, 3.8) is 0 Å². The van der Waals surface area contributed by atoms with Crippen LogP contribution in [-0.2, 0) is 12.8 Å². The minimum Gasteiger partial charge on any atom is -0.507 e. The summed E-state index contributed by atoms with van der Waals surface area (Å²) in [4.78, 5) is 13.5. The van der Waals surface area contributed by atoms with Crippen LogP contribution in [0.15, 0.2) is 24.3 Å². The maximum atomic E-state index is 13.5. The molecule has 0 saturated heterocycles. The Labute approximate surface area is 179 Å². The van der Waals surface area contributed by atoms with E-state index >= 15 is 0 Å². The first-order valence-corrected chi connectivity index (χ1v) is 11.0. The number of phenolic OH excluding ortho intramolecular Hbond substituents is 1. The van der Waals surface area contributed by atoms with Gasteiger partial charge in [0.25, 0.3) is 0 Å². The fraction of sp³-hybridized carbons (Fsp3) is 0.500. The third-order valence-corrected chi connectivity index (χ3v) is 6.34. The van der Waals surface area contributed by atoms with Gasteiger partial charge in [0.05, 0.1) is 5.92 Å². The highest BCUT2D eigenvalue weighted by atomic mass is 16.5. The Balaban J connectivity index is 1.82. The van der Waals surface area contributed by atoms with E-state index in [1.54, 1.807) is 0 Å². The van der Waals surface area contributed by atoms with Crippen molar-refractivity contribution in [2.45, 2.75) is 71.8 Å². The van der Waals surface area contributed by atoms with Crippen LogP contribution in [0.3, 0.4) is 0 Å². The van der Waals surface area contributed by atoms with Crippen LogP contribution in [0.5, 0.6) is 17.2 Å². The molecule has 0 aliphatic carbocycles. The van der Waals surface area contributed by atoms with Crippen LogP contribution in [0.25, 0.3) is 0 Å². The topological polar surface area (TPSA) is 55.8 Å². The van der Waals surface area contributed by atoms with Crippen LogP contribution in [0.4, 0.5) is 0 Å². The molecule has 0 aromatic heterocycles. The van der Waals surface area contributed by atoms with Crippen molar-refractivity contribution in [1.29, 1.82) is 0 Å². The van der Waals surface area contributed by atoms with E-state index in [9.17, 15) is 9.90 Å². The van der Waals surface area contributed by atoms with Crippen LogP contribution < -0.4 is 9.47 Å². The number of Topliss-reactive ketones (excluding diaryl/α,β-unsaturated/α-hetero) is 1. The highest BCUT2D eigenvalue weighted by Gasteiger charge is 2.40. The molecule has 0 amide bonds. The molecule has 0 bridgehead atoms. The van der Waals surface area contributed by atoms with E-state index in [1.165, 1.54) is 0 Å². The van der Waals surface area contributed by atoms with Crippen LogP contribution in [0.1, 0.15) is 79.1 Å². The van der Waals surface area contributed by atoms with Gasteiger partial charge in [0.1, 0.15) is 35.0 Å². The zero-order chi connectivity index (χ0) is 21.6. The van der Waals surface area contributed by atoms with Gasteiger partial charge in [-0.3, -0.25) is 4.79 Å². The molecule has 0 saturated carbocycles. The number of aromatic hydroxyl groups is 1. The van der Waals surface area contributed by atoms with Crippen molar-refractivity contribution in [3.05, 3.63) is 52.1 Å².